The average Bonchev–Trinajstić information content (AvgIpc) is 2.70. The zero-order valence-corrected chi connectivity index (χ0v) is 9.77. The van der Waals surface area contributed by atoms with E-state index in [4.69, 9.17) is 10.5 Å². The number of aryl methyl sites for hydroxylation is 1. The van der Waals surface area contributed by atoms with Crippen molar-refractivity contribution in [1.29, 1.82) is 0 Å². The normalized spacial score (nSPS) is 10.5. The highest BCUT2D eigenvalue weighted by molar-refractivity contribution is 5.77. The maximum absolute atomic E-state index is 13.8. The second-order valence-electron chi connectivity index (χ2n) is 3.61. The molecule has 0 aliphatic rings. The van der Waals surface area contributed by atoms with Crippen molar-refractivity contribution in [3.05, 3.63) is 30.2 Å². The number of hydrogen-bond acceptors (Lipinski definition) is 3. The molecule has 0 saturated carbocycles. The summed E-state index contributed by atoms with van der Waals surface area (Å²) in [7, 11) is 1.49. The standard InChI is InChI=1S/C12H14FN3O/c1-3-16-7-9(14)12(15-16)11-8(13)5-4-6-10(11)17-2/h4-7H,3,14H2,1-2H3. The third-order valence-electron chi connectivity index (χ3n) is 2.55. The number of ether oxygens (including phenoxy) is 1. The summed E-state index contributed by atoms with van der Waals surface area (Å²) in [6, 6.07) is 4.63. The van der Waals surface area contributed by atoms with Gasteiger partial charge in [-0.3, -0.25) is 4.68 Å². The molecular formula is C12H14FN3O. The van der Waals surface area contributed by atoms with E-state index in [9.17, 15) is 4.39 Å². The van der Waals surface area contributed by atoms with Crippen LogP contribution in [-0.4, -0.2) is 16.9 Å². The van der Waals surface area contributed by atoms with Gasteiger partial charge in [-0.1, -0.05) is 6.07 Å². The fourth-order valence-electron chi connectivity index (χ4n) is 1.70. The maximum atomic E-state index is 13.8. The minimum absolute atomic E-state index is 0.305. The molecule has 0 saturated heterocycles. The lowest BCUT2D eigenvalue weighted by atomic mass is 10.1. The Labute approximate surface area is 98.8 Å². The SMILES string of the molecule is CCn1cc(N)c(-c2c(F)cccc2OC)n1. The summed E-state index contributed by atoms with van der Waals surface area (Å²) in [4.78, 5) is 0. The largest absolute Gasteiger partial charge is 0.496 e. The Balaban J connectivity index is 2.62. The fraction of sp³-hybridized carbons (Fsp3) is 0.250. The molecule has 5 heteroatoms. The van der Waals surface area contributed by atoms with E-state index >= 15 is 0 Å². The first-order valence-corrected chi connectivity index (χ1v) is 5.33. The van der Waals surface area contributed by atoms with Gasteiger partial charge in [-0.2, -0.15) is 5.10 Å². The van der Waals surface area contributed by atoms with Crippen LogP contribution < -0.4 is 10.5 Å². The summed E-state index contributed by atoms with van der Waals surface area (Å²) in [6.07, 6.45) is 1.68. The van der Waals surface area contributed by atoms with E-state index in [2.05, 4.69) is 5.10 Å². The van der Waals surface area contributed by atoms with Gasteiger partial charge in [0.15, 0.2) is 0 Å². The number of hydrogen-bond donors (Lipinski definition) is 1. The molecule has 0 aliphatic heterocycles. The molecule has 2 aromatic rings. The molecule has 2 rings (SSSR count). The van der Waals surface area contributed by atoms with Crippen LogP contribution in [0.3, 0.4) is 0 Å². The molecule has 0 amide bonds. The third kappa shape index (κ3) is 1.95. The number of aromatic nitrogens is 2. The second-order valence-corrected chi connectivity index (χ2v) is 3.61. The van der Waals surface area contributed by atoms with Crippen LogP contribution in [0.2, 0.25) is 0 Å². The molecule has 0 aliphatic carbocycles. The van der Waals surface area contributed by atoms with Crippen molar-refractivity contribution in [3.8, 4) is 17.0 Å². The van der Waals surface area contributed by atoms with Crippen molar-refractivity contribution in [2.24, 2.45) is 0 Å². The van der Waals surface area contributed by atoms with Crippen molar-refractivity contribution in [2.75, 3.05) is 12.8 Å². The molecule has 1 heterocycles. The molecule has 90 valence electrons. The fourth-order valence-corrected chi connectivity index (χ4v) is 1.70. The lowest BCUT2D eigenvalue weighted by Gasteiger charge is -2.07. The molecule has 0 spiro atoms. The lowest BCUT2D eigenvalue weighted by molar-refractivity contribution is 0.413. The summed E-state index contributed by atoms with van der Waals surface area (Å²) >= 11 is 0. The van der Waals surface area contributed by atoms with Crippen LogP contribution in [0.4, 0.5) is 10.1 Å². The summed E-state index contributed by atoms with van der Waals surface area (Å²) in [5, 5.41) is 4.24. The third-order valence-corrected chi connectivity index (χ3v) is 2.55. The van der Waals surface area contributed by atoms with Crippen molar-refractivity contribution >= 4 is 5.69 Å². The molecule has 1 aromatic heterocycles. The van der Waals surface area contributed by atoms with Crippen molar-refractivity contribution < 1.29 is 9.13 Å². The predicted octanol–water partition coefficient (Wildman–Crippen LogP) is 2.30. The van der Waals surface area contributed by atoms with Gasteiger partial charge in [0, 0.05) is 12.7 Å². The molecule has 2 N–H and O–H groups in total. The van der Waals surface area contributed by atoms with Gasteiger partial charge in [0.2, 0.25) is 0 Å². The van der Waals surface area contributed by atoms with Crippen molar-refractivity contribution in [2.45, 2.75) is 13.5 Å². The van der Waals surface area contributed by atoms with Crippen LogP contribution in [0.1, 0.15) is 6.92 Å². The minimum Gasteiger partial charge on any atom is -0.496 e. The van der Waals surface area contributed by atoms with E-state index in [1.165, 1.54) is 13.2 Å². The van der Waals surface area contributed by atoms with Crippen LogP contribution >= 0.6 is 0 Å². The second kappa shape index (κ2) is 4.45. The first-order valence-electron chi connectivity index (χ1n) is 5.33. The zero-order valence-electron chi connectivity index (χ0n) is 9.77. The van der Waals surface area contributed by atoms with Crippen LogP contribution in [0, 0.1) is 5.82 Å². The number of anilines is 1. The molecule has 4 nitrogen and oxygen atoms in total. The van der Waals surface area contributed by atoms with E-state index in [-0.39, 0.29) is 0 Å². The minimum atomic E-state index is -0.391. The predicted molar refractivity (Wildman–Crippen MR) is 64.3 cm³/mol. The number of nitrogens with zero attached hydrogens (tertiary/aromatic N) is 2. The maximum Gasteiger partial charge on any atom is 0.136 e. The van der Waals surface area contributed by atoms with Crippen LogP contribution in [0.15, 0.2) is 24.4 Å². The van der Waals surface area contributed by atoms with E-state index in [0.29, 0.717) is 29.2 Å². The Kier molecular flexibility index (Phi) is 2.99. The summed E-state index contributed by atoms with van der Waals surface area (Å²) < 4.78 is 20.6. The molecule has 0 bridgehead atoms. The van der Waals surface area contributed by atoms with Gasteiger partial charge in [-0.05, 0) is 19.1 Å². The summed E-state index contributed by atoms with van der Waals surface area (Å²) in [6.45, 7) is 2.62. The quantitative estimate of drug-likeness (QED) is 0.888. The number of halogens is 1. The highest BCUT2D eigenvalue weighted by Gasteiger charge is 2.17. The highest BCUT2D eigenvalue weighted by atomic mass is 19.1. The van der Waals surface area contributed by atoms with Gasteiger partial charge >= 0.3 is 0 Å². The van der Waals surface area contributed by atoms with E-state index in [1.54, 1.807) is 23.0 Å². The van der Waals surface area contributed by atoms with Gasteiger partial charge in [0.1, 0.15) is 17.3 Å². The van der Waals surface area contributed by atoms with E-state index < -0.39 is 5.82 Å². The number of methoxy groups -OCH3 is 1. The van der Waals surface area contributed by atoms with Crippen molar-refractivity contribution in [1.82, 2.24) is 9.78 Å². The van der Waals surface area contributed by atoms with Gasteiger partial charge in [0.05, 0.1) is 18.4 Å². The number of rotatable bonds is 3. The average molecular weight is 235 g/mol. The smallest absolute Gasteiger partial charge is 0.136 e. The number of nitrogens with two attached hydrogens (primary N) is 1. The van der Waals surface area contributed by atoms with Crippen molar-refractivity contribution in [3.63, 3.8) is 0 Å². The molecule has 0 atom stereocenters. The first-order chi connectivity index (χ1) is 8.17. The van der Waals surface area contributed by atoms with Gasteiger partial charge in [0.25, 0.3) is 0 Å². The van der Waals surface area contributed by atoms with Gasteiger partial charge in [-0.15, -0.1) is 0 Å². The molecular weight excluding hydrogens is 221 g/mol. The van der Waals surface area contributed by atoms with Gasteiger partial charge in [-0.25, -0.2) is 4.39 Å². The molecule has 0 unspecified atom stereocenters. The number of benzene rings is 1. The first kappa shape index (κ1) is 11.4. The highest BCUT2D eigenvalue weighted by Crippen LogP contribution is 2.34. The molecule has 1 aromatic carbocycles. The van der Waals surface area contributed by atoms with Gasteiger partial charge < -0.3 is 10.5 Å². The lowest BCUT2D eigenvalue weighted by Crippen LogP contribution is -1.97. The summed E-state index contributed by atoms with van der Waals surface area (Å²) in [5.74, 6) is 0.0375. The molecule has 17 heavy (non-hydrogen) atoms. The molecule has 0 fully saturated rings. The van der Waals surface area contributed by atoms with E-state index in [1.807, 2.05) is 6.92 Å². The topological polar surface area (TPSA) is 53.1 Å². The Hall–Kier alpha value is -2.04. The van der Waals surface area contributed by atoms with Crippen LogP contribution in [0.25, 0.3) is 11.3 Å². The van der Waals surface area contributed by atoms with E-state index in [0.717, 1.165) is 0 Å². The number of nitrogen functional groups attached to an aromatic ring is 1. The van der Waals surface area contributed by atoms with Crippen LogP contribution in [-0.2, 0) is 6.54 Å². The summed E-state index contributed by atoms with van der Waals surface area (Å²) in [5.41, 5.74) is 7.00. The molecule has 0 radical (unpaired) electrons. The monoisotopic (exact) mass is 235 g/mol. The Morgan fingerprint density at radius 3 is 2.82 bits per heavy atom. The van der Waals surface area contributed by atoms with Crippen LogP contribution in [0.5, 0.6) is 5.75 Å². The Bertz CT molecular complexity index is 537. The Morgan fingerprint density at radius 2 is 2.24 bits per heavy atom. The zero-order chi connectivity index (χ0) is 12.4. The Morgan fingerprint density at radius 1 is 1.47 bits per heavy atom.